The number of carbonyl (C=O) groups excluding carboxylic acids is 1. The van der Waals surface area contributed by atoms with Crippen molar-refractivity contribution in [1.82, 2.24) is 34.3 Å². The molecular weight excluding hydrogens is 595 g/mol. The Bertz CT molecular complexity index is 1770. The van der Waals surface area contributed by atoms with E-state index in [1.165, 1.54) is 24.5 Å². The summed E-state index contributed by atoms with van der Waals surface area (Å²) >= 11 is 0. The van der Waals surface area contributed by atoms with Crippen LogP contribution in [0.2, 0.25) is 0 Å². The predicted molar refractivity (Wildman–Crippen MR) is 170 cm³/mol. The normalized spacial score (nSPS) is 17.0. The highest BCUT2D eigenvalue weighted by molar-refractivity contribution is 6.04. The SMILES string of the molecule is CN1CCN(Cc2ccc(NC(=O)c3cncc(C#Cc4cnc5ccc(N6CCCN(C)CC6)nn45)c3)cc2C(F)(F)F)CC1. The molecule has 1 aromatic carbocycles. The van der Waals surface area contributed by atoms with Crippen LogP contribution in [0.3, 0.4) is 0 Å². The standard InChI is InChI=1S/C33H36F3N9O/c1-41-10-3-11-44(17-14-41)31-9-8-30-38-22-28(45(30)40-31)7-4-24-18-26(21-37-20-24)32(46)39-27-6-5-25(29(19-27)33(34,35)36)23-43-15-12-42(2)13-16-43/h5-6,8-9,18-22H,3,10-17,23H2,1-2H3,(H,39,46). The van der Waals surface area contributed by atoms with Crippen molar-refractivity contribution in [2.24, 2.45) is 0 Å². The number of hydrogen-bond donors (Lipinski definition) is 1. The quantitative estimate of drug-likeness (QED) is 0.334. The van der Waals surface area contributed by atoms with Gasteiger partial charge in [-0.3, -0.25) is 14.7 Å². The Balaban J connectivity index is 1.17. The van der Waals surface area contributed by atoms with Crippen molar-refractivity contribution >= 4 is 23.1 Å². The maximum atomic E-state index is 14.0. The number of fused-ring (bicyclic) bond motifs is 1. The van der Waals surface area contributed by atoms with Gasteiger partial charge in [0.25, 0.3) is 5.91 Å². The number of pyridine rings is 1. The third kappa shape index (κ3) is 7.47. The summed E-state index contributed by atoms with van der Waals surface area (Å²) in [5.74, 6) is 6.36. The minimum absolute atomic E-state index is 0.0552. The molecule has 240 valence electrons. The molecule has 0 radical (unpaired) electrons. The zero-order valence-electron chi connectivity index (χ0n) is 25.9. The highest BCUT2D eigenvalue weighted by atomic mass is 19.4. The van der Waals surface area contributed by atoms with Crippen LogP contribution in [0, 0.1) is 11.8 Å². The van der Waals surface area contributed by atoms with Crippen LogP contribution in [-0.4, -0.2) is 107 Å². The Labute approximate surface area is 265 Å². The van der Waals surface area contributed by atoms with Gasteiger partial charge in [0.2, 0.25) is 0 Å². The van der Waals surface area contributed by atoms with Crippen molar-refractivity contribution in [3.05, 3.63) is 82.9 Å². The minimum Gasteiger partial charge on any atom is -0.354 e. The number of aromatic nitrogens is 4. The van der Waals surface area contributed by atoms with Crippen molar-refractivity contribution in [2.45, 2.75) is 19.1 Å². The summed E-state index contributed by atoms with van der Waals surface area (Å²) in [6, 6.07) is 9.38. The van der Waals surface area contributed by atoms with Crippen molar-refractivity contribution in [3.63, 3.8) is 0 Å². The van der Waals surface area contributed by atoms with Crippen LogP contribution in [0.15, 0.2) is 55.0 Å². The van der Waals surface area contributed by atoms with E-state index in [1.54, 1.807) is 16.8 Å². The number of alkyl halides is 3. The first-order valence-corrected chi connectivity index (χ1v) is 15.3. The summed E-state index contributed by atoms with van der Waals surface area (Å²) in [5.41, 5.74) is 1.37. The van der Waals surface area contributed by atoms with Gasteiger partial charge in [-0.15, -0.1) is 5.10 Å². The number of halogens is 3. The number of carbonyl (C=O) groups is 1. The van der Waals surface area contributed by atoms with Gasteiger partial charge in [-0.2, -0.15) is 13.2 Å². The van der Waals surface area contributed by atoms with Gasteiger partial charge in [0, 0.05) is 76.0 Å². The van der Waals surface area contributed by atoms with Crippen LogP contribution in [0.1, 0.15) is 39.2 Å². The average Bonchev–Trinajstić information content (AvgIpc) is 3.32. The number of hydrogen-bond acceptors (Lipinski definition) is 8. The molecule has 2 aliphatic rings. The van der Waals surface area contributed by atoms with Crippen LogP contribution in [0.4, 0.5) is 24.7 Å². The molecule has 0 atom stereocenters. The maximum Gasteiger partial charge on any atom is 0.416 e. The third-order valence-electron chi connectivity index (χ3n) is 8.39. The van der Waals surface area contributed by atoms with Gasteiger partial charge >= 0.3 is 6.18 Å². The second-order valence-electron chi connectivity index (χ2n) is 11.9. The molecule has 10 nitrogen and oxygen atoms in total. The van der Waals surface area contributed by atoms with Gasteiger partial charge in [0.05, 0.1) is 17.3 Å². The van der Waals surface area contributed by atoms with Crippen molar-refractivity contribution < 1.29 is 18.0 Å². The molecule has 3 aromatic heterocycles. The van der Waals surface area contributed by atoms with E-state index >= 15 is 0 Å². The number of amides is 1. The van der Waals surface area contributed by atoms with Gasteiger partial charge < -0.3 is 20.0 Å². The summed E-state index contributed by atoms with van der Waals surface area (Å²) in [4.78, 5) is 30.4. The first kappa shape index (κ1) is 31.5. The van der Waals surface area contributed by atoms with Gasteiger partial charge in [-0.05, 0) is 68.9 Å². The fourth-order valence-electron chi connectivity index (χ4n) is 5.67. The lowest BCUT2D eigenvalue weighted by molar-refractivity contribution is -0.138. The van der Waals surface area contributed by atoms with Crippen LogP contribution in [0.25, 0.3) is 5.65 Å². The number of benzene rings is 1. The number of imidazole rings is 1. The number of rotatable bonds is 5. The highest BCUT2D eigenvalue weighted by Crippen LogP contribution is 2.34. The smallest absolute Gasteiger partial charge is 0.354 e. The number of piperazine rings is 1. The lowest BCUT2D eigenvalue weighted by atomic mass is 10.0. The van der Waals surface area contributed by atoms with E-state index < -0.39 is 17.6 Å². The molecule has 1 amide bonds. The number of nitrogens with zero attached hydrogens (tertiary/aromatic N) is 8. The van der Waals surface area contributed by atoms with E-state index in [9.17, 15) is 18.0 Å². The van der Waals surface area contributed by atoms with E-state index in [2.05, 4.69) is 48.9 Å². The maximum absolute atomic E-state index is 14.0. The topological polar surface area (TPSA) is 85.1 Å². The molecule has 2 aliphatic heterocycles. The van der Waals surface area contributed by atoms with E-state index in [4.69, 9.17) is 5.10 Å². The Hall–Kier alpha value is -4.51. The molecule has 13 heteroatoms. The summed E-state index contributed by atoms with van der Waals surface area (Å²) in [6.07, 6.45) is 1.01. The number of anilines is 2. The van der Waals surface area contributed by atoms with Crippen molar-refractivity contribution in [3.8, 4) is 11.8 Å². The zero-order chi connectivity index (χ0) is 32.3. The second-order valence-corrected chi connectivity index (χ2v) is 11.9. The molecule has 2 fully saturated rings. The van der Waals surface area contributed by atoms with Crippen molar-refractivity contribution in [2.75, 3.05) is 76.7 Å². The first-order chi connectivity index (χ1) is 22.1. The Morgan fingerprint density at radius 1 is 0.891 bits per heavy atom. The molecule has 0 spiro atoms. The van der Waals surface area contributed by atoms with E-state index in [0.717, 1.165) is 57.6 Å². The minimum atomic E-state index is -4.56. The van der Waals surface area contributed by atoms with Gasteiger partial charge in [-0.25, -0.2) is 9.50 Å². The third-order valence-corrected chi connectivity index (χ3v) is 8.39. The van der Waals surface area contributed by atoms with Crippen LogP contribution >= 0.6 is 0 Å². The monoisotopic (exact) mass is 631 g/mol. The Morgan fingerprint density at radius 2 is 1.67 bits per heavy atom. The summed E-state index contributed by atoms with van der Waals surface area (Å²) < 4.78 is 43.8. The Kier molecular flexibility index (Phi) is 9.21. The molecule has 0 unspecified atom stereocenters. The van der Waals surface area contributed by atoms with Gasteiger partial charge in [-0.1, -0.05) is 12.0 Å². The lowest BCUT2D eigenvalue weighted by Crippen LogP contribution is -2.44. The summed E-state index contributed by atoms with van der Waals surface area (Å²) in [6.45, 7) is 7.00. The fourth-order valence-corrected chi connectivity index (χ4v) is 5.67. The molecule has 46 heavy (non-hydrogen) atoms. The van der Waals surface area contributed by atoms with E-state index in [-0.39, 0.29) is 23.4 Å². The molecule has 5 heterocycles. The molecule has 1 N–H and O–H groups in total. The van der Waals surface area contributed by atoms with Gasteiger partial charge in [0.15, 0.2) is 5.65 Å². The average molecular weight is 632 g/mol. The second kappa shape index (κ2) is 13.5. The molecule has 4 aromatic rings. The predicted octanol–water partition coefficient (Wildman–Crippen LogP) is 3.68. The van der Waals surface area contributed by atoms with Gasteiger partial charge in [0.1, 0.15) is 11.5 Å². The van der Waals surface area contributed by atoms with Crippen LogP contribution < -0.4 is 10.2 Å². The molecule has 0 saturated carbocycles. The summed E-state index contributed by atoms with van der Waals surface area (Å²) in [7, 11) is 4.12. The number of nitrogens with one attached hydrogen (secondary N) is 1. The lowest BCUT2D eigenvalue weighted by Gasteiger charge is -2.33. The molecule has 0 aliphatic carbocycles. The molecule has 2 saturated heterocycles. The van der Waals surface area contributed by atoms with Crippen molar-refractivity contribution in [1.29, 1.82) is 0 Å². The fraction of sp³-hybridized carbons (Fsp3) is 0.394. The first-order valence-electron chi connectivity index (χ1n) is 15.3. The number of likely N-dealkylation sites (N-methyl/N-ethyl adjacent to an activating group) is 2. The highest BCUT2D eigenvalue weighted by Gasteiger charge is 2.34. The van der Waals surface area contributed by atoms with E-state index in [0.29, 0.717) is 30.0 Å². The van der Waals surface area contributed by atoms with Crippen LogP contribution in [0.5, 0.6) is 0 Å². The molecule has 0 bridgehead atoms. The molecular formula is C33H36F3N9O. The largest absolute Gasteiger partial charge is 0.416 e. The summed E-state index contributed by atoms with van der Waals surface area (Å²) in [5, 5.41) is 7.39. The molecule has 6 rings (SSSR count). The van der Waals surface area contributed by atoms with E-state index in [1.807, 2.05) is 24.1 Å². The zero-order valence-corrected chi connectivity index (χ0v) is 25.9. The Morgan fingerprint density at radius 3 is 2.48 bits per heavy atom. The van der Waals surface area contributed by atoms with Crippen LogP contribution in [-0.2, 0) is 12.7 Å².